The lowest BCUT2D eigenvalue weighted by Crippen LogP contribution is -2.52. The van der Waals surface area contributed by atoms with Crippen LogP contribution in [0.1, 0.15) is 59.1 Å². The number of carbonyl (C=O) groups excluding carboxylic acids is 3. The Balaban J connectivity index is 2.14. The van der Waals surface area contributed by atoms with Gasteiger partial charge in [0.15, 0.2) is 34.6 Å². The summed E-state index contributed by atoms with van der Waals surface area (Å²) in [7, 11) is -2.33. The molecule has 0 amide bonds. The molecule has 0 aliphatic heterocycles. The number of ketones is 2. The molecule has 55 heavy (non-hydrogen) atoms. The molecule has 4 atom stereocenters. The molecule has 3 N–H and O–H groups in total. The SMILES string of the molecule is COCP(=O)(N[C@@H](C)C(=O)OC(C)C)Oc1ccc(/C=C/C(=O)CC(=O)/C=C/c2ccc(OP(=O)(COC)N[C@@](C)(C(=O)O)C(C)C)c(OC)c2)cc1OC. The van der Waals surface area contributed by atoms with E-state index in [-0.39, 0.29) is 35.4 Å². The molecule has 2 rings (SSSR count). The minimum atomic E-state index is -3.93. The zero-order valence-electron chi connectivity index (χ0n) is 32.8. The lowest BCUT2D eigenvalue weighted by atomic mass is 9.90. The Labute approximate surface area is 321 Å². The molecular formula is C37H52N2O14P2. The number of carbonyl (C=O) groups is 4. The van der Waals surface area contributed by atoms with E-state index in [4.69, 9.17) is 32.7 Å². The van der Waals surface area contributed by atoms with E-state index in [1.807, 2.05) is 0 Å². The lowest BCUT2D eigenvalue weighted by Gasteiger charge is -2.34. The van der Waals surface area contributed by atoms with E-state index >= 15 is 0 Å². The first-order valence-corrected chi connectivity index (χ1v) is 20.7. The number of allylic oxidation sites excluding steroid dienone is 2. The van der Waals surface area contributed by atoms with Crippen LogP contribution < -0.4 is 28.7 Å². The van der Waals surface area contributed by atoms with E-state index in [0.29, 0.717) is 11.1 Å². The molecule has 0 aliphatic rings. The van der Waals surface area contributed by atoms with Crippen molar-refractivity contribution in [3.63, 3.8) is 0 Å². The predicted molar refractivity (Wildman–Crippen MR) is 207 cm³/mol. The Morgan fingerprint density at radius 2 is 1.20 bits per heavy atom. The topological polar surface area (TPSA) is 211 Å². The first kappa shape index (κ1) is 46.9. The van der Waals surface area contributed by atoms with E-state index < -0.39 is 68.8 Å². The van der Waals surface area contributed by atoms with Crippen LogP contribution in [0.25, 0.3) is 12.2 Å². The third-order valence-electron chi connectivity index (χ3n) is 7.83. The van der Waals surface area contributed by atoms with E-state index in [9.17, 15) is 33.4 Å². The van der Waals surface area contributed by atoms with Crippen molar-refractivity contribution in [3.8, 4) is 23.0 Å². The average Bonchev–Trinajstić information content (AvgIpc) is 3.10. The first-order chi connectivity index (χ1) is 25.7. The zero-order chi connectivity index (χ0) is 41.6. The van der Waals surface area contributed by atoms with E-state index in [1.54, 1.807) is 39.8 Å². The highest BCUT2D eigenvalue weighted by atomic mass is 31.2. The van der Waals surface area contributed by atoms with Crippen molar-refractivity contribution < 1.29 is 66.1 Å². The molecule has 0 spiro atoms. The van der Waals surface area contributed by atoms with Crippen molar-refractivity contribution in [3.05, 3.63) is 59.7 Å². The van der Waals surface area contributed by atoms with Gasteiger partial charge in [0.05, 0.1) is 26.7 Å². The number of benzene rings is 2. The highest BCUT2D eigenvalue weighted by molar-refractivity contribution is 7.57. The van der Waals surface area contributed by atoms with Crippen molar-refractivity contribution in [1.29, 1.82) is 0 Å². The predicted octanol–water partition coefficient (Wildman–Crippen LogP) is 6.33. The summed E-state index contributed by atoms with van der Waals surface area (Å²) in [5, 5.41) is 15.1. The number of hydrogen-bond donors (Lipinski definition) is 3. The van der Waals surface area contributed by atoms with Gasteiger partial charge in [-0.15, -0.1) is 0 Å². The van der Waals surface area contributed by atoms with Crippen molar-refractivity contribution in [2.45, 2.75) is 65.6 Å². The molecule has 18 heteroatoms. The Kier molecular flexibility index (Phi) is 18.0. The molecule has 0 fully saturated rings. The van der Waals surface area contributed by atoms with Crippen LogP contribution in [0, 0.1) is 5.92 Å². The van der Waals surface area contributed by atoms with Gasteiger partial charge in [-0.05, 0) is 81.2 Å². The second-order valence-electron chi connectivity index (χ2n) is 13.1. The standard InChI is InChI=1S/C37H52N2O14P2/c1-24(2)37(6,36(43)44)39-55(46,23-48-8)53-32-18-14-28(20-34(32)50-10)12-16-30(41)21-29(40)15-11-27-13-17-31(33(19-27)49-9)52-54(45,22-47-7)38-26(5)35(42)51-25(3)4/h11-20,24-26H,21-23H2,1-10H3,(H,38,45)(H,39,46)(H,43,44)/b15-11+,16-12+/t26-,37+,54?,55?/m0/s1. The number of ether oxygens (including phenoxy) is 5. The van der Waals surface area contributed by atoms with Crippen LogP contribution in [0.15, 0.2) is 48.6 Å². The van der Waals surface area contributed by atoms with Crippen LogP contribution in [0.3, 0.4) is 0 Å². The van der Waals surface area contributed by atoms with Crippen molar-refractivity contribution in [1.82, 2.24) is 10.2 Å². The quantitative estimate of drug-likeness (QED) is 0.0458. The van der Waals surface area contributed by atoms with Crippen LogP contribution in [-0.2, 0) is 42.5 Å². The summed E-state index contributed by atoms with van der Waals surface area (Å²) >= 11 is 0. The molecule has 2 aromatic rings. The second-order valence-corrected chi connectivity index (χ2v) is 17.1. The number of esters is 1. The van der Waals surface area contributed by atoms with Gasteiger partial charge in [-0.3, -0.25) is 28.3 Å². The van der Waals surface area contributed by atoms with Crippen LogP contribution in [-0.4, -0.2) is 87.4 Å². The largest absolute Gasteiger partial charge is 0.493 e. The summed E-state index contributed by atoms with van der Waals surface area (Å²) < 4.78 is 64.9. The molecule has 304 valence electrons. The molecule has 0 bridgehead atoms. The third kappa shape index (κ3) is 14.4. The number of aliphatic carboxylic acids is 1. The van der Waals surface area contributed by atoms with Gasteiger partial charge in [0.2, 0.25) is 0 Å². The maximum Gasteiger partial charge on any atom is 0.343 e. The third-order valence-corrected chi connectivity index (χ3v) is 11.6. The molecule has 2 unspecified atom stereocenters. The number of nitrogens with one attached hydrogen (secondary N) is 2. The molecule has 0 heterocycles. The van der Waals surface area contributed by atoms with Gasteiger partial charge in [-0.1, -0.05) is 38.1 Å². The number of rotatable bonds is 24. The maximum atomic E-state index is 13.7. The maximum absolute atomic E-state index is 13.7. The highest BCUT2D eigenvalue weighted by Crippen LogP contribution is 2.49. The van der Waals surface area contributed by atoms with Gasteiger partial charge in [0, 0.05) is 14.2 Å². The Bertz CT molecular complexity index is 1830. The zero-order valence-corrected chi connectivity index (χ0v) is 34.6. The monoisotopic (exact) mass is 810 g/mol. The smallest absolute Gasteiger partial charge is 0.343 e. The van der Waals surface area contributed by atoms with E-state index in [2.05, 4.69) is 10.2 Å². The minimum Gasteiger partial charge on any atom is -0.493 e. The summed E-state index contributed by atoms with van der Waals surface area (Å²) in [6, 6.07) is 8.17. The van der Waals surface area contributed by atoms with E-state index in [1.165, 1.54) is 90.9 Å². The van der Waals surface area contributed by atoms with Gasteiger partial charge in [-0.25, -0.2) is 10.2 Å². The van der Waals surface area contributed by atoms with Gasteiger partial charge in [0.1, 0.15) is 24.3 Å². The summed E-state index contributed by atoms with van der Waals surface area (Å²) in [5.41, 5.74) is -0.580. The summed E-state index contributed by atoms with van der Waals surface area (Å²) in [6.07, 6.45) is 3.82. The fraction of sp³-hybridized carbons (Fsp3) is 0.459. The molecule has 0 radical (unpaired) electrons. The number of carboxylic acid groups (broad SMARTS) is 1. The van der Waals surface area contributed by atoms with Crippen LogP contribution in [0.4, 0.5) is 0 Å². The first-order valence-electron chi connectivity index (χ1n) is 17.1. The van der Waals surface area contributed by atoms with Crippen LogP contribution >= 0.6 is 15.0 Å². The number of methoxy groups -OCH3 is 4. The Hall–Kier alpha value is -4.30. The van der Waals surface area contributed by atoms with Gasteiger partial charge in [-0.2, -0.15) is 0 Å². The minimum absolute atomic E-state index is 0.0471. The fourth-order valence-electron chi connectivity index (χ4n) is 4.68. The van der Waals surface area contributed by atoms with Crippen LogP contribution in [0.5, 0.6) is 23.0 Å². The number of carboxylic acids is 1. The second kappa shape index (κ2) is 21.1. The van der Waals surface area contributed by atoms with E-state index in [0.717, 1.165) is 0 Å². The molecule has 0 saturated heterocycles. The highest BCUT2D eigenvalue weighted by Gasteiger charge is 2.44. The van der Waals surface area contributed by atoms with Crippen molar-refractivity contribution in [2.24, 2.45) is 5.92 Å². The molecular weight excluding hydrogens is 758 g/mol. The molecule has 0 aromatic heterocycles. The lowest BCUT2D eigenvalue weighted by molar-refractivity contribution is -0.149. The van der Waals surface area contributed by atoms with Gasteiger partial charge in [0.25, 0.3) is 0 Å². The van der Waals surface area contributed by atoms with Gasteiger partial charge >= 0.3 is 27.0 Å². The summed E-state index contributed by atoms with van der Waals surface area (Å²) in [4.78, 5) is 49.6. The molecule has 2 aromatic carbocycles. The fourth-order valence-corrected chi connectivity index (χ4v) is 8.40. The summed E-state index contributed by atoms with van der Waals surface area (Å²) in [5.74, 6) is -2.78. The Morgan fingerprint density at radius 1 is 0.745 bits per heavy atom. The Morgan fingerprint density at radius 3 is 1.60 bits per heavy atom. The molecule has 0 aliphatic carbocycles. The van der Waals surface area contributed by atoms with Gasteiger partial charge < -0.3 is 37.8 Å². The molecule has 16 nitrogen and oxygen atoms in total. The van der Waals surface area contributed by atoms with Crippen molar-refractivity contribution in [2.75, 3.05) is 41.1 Å². The van der Waals surface area contributed by atoms with Crippen molar-refractivity contribution >= 4 is 50.7 Å². The van der Waals surface area contributed by atoms with Crippen LogP contribution in [0.2, 0.25) is 0 Å². The normalized spacial score (nSPS) is 15.6. The summed E-state index contributed by atoms with van der Waals surface area (Å²) in [6.45, 7) is 9.62. The number of hydrogen-bond acceptors (Lipinski definition) is 13. The molecule has 0 saturated carbocycles. The average molecular weight is 811 g/mol.